The van der Waals surface area contributed by atoms with E-state index in [1.165, 1.54) is 0 Å². The molecule has 3 rings (SSSR count). The summed E-state index contributed by atoms with van der Waals surface area (Å²) in [6, 6.07) is 14.7. The molecule has 1 aromatic heterocycles. The third-order valence-electron chi connectivity index (χ3n) is 4.13. The topological polar surface area (TPSA) is 60.5 Å². The average Bonchev–Trinajstić information content (AvgIpc) is 2.66. The number of rotatable bonds is 5. The van der Waals surface area contributed by atoms with E-state index in [1.807, 2.05) is 43.3 Å². The predicted molar refractivity (Wildman–Crippen MR) is 97.2 cm³/mol. The molecule has 0 fully saturated rings. The Morgan fingerprint density at radius 2 is 1.88 bits per heavy atom. The van der Waals surface area contributed by atoms with Gasteiger partial charge in [0.2, 0.25) is 0 Å². The average molecular weight is 336 g/mol. The molecule has 5 heteroatoms. The molecule has 5 nitrogen and oxygen atoms in total. The number of methoxy groups -OCH3 is 2. The van der Waals surface area contributed by atoms with Gasteiger partial charge in [0.25, 0.3) is 5.91 Å². The van der Waals surface area contributed by atoms with Crippen LogP contribution < -0.4 is 14.8 Å². The third-order valence-corrected chi connectivity index (χ3v) is 4.13. The number of hydrogen-bond donors (Lipinski definition) is 1. The molecule has 0 bridgehead atoms. The van der Waals surface area contributed by atoms with Crippen molar-refractivity contribution in [3.05, 3.63) is 65.9 Å². The summed E-state index contributed by atoms with van der Waals surface area (Å²) in [4.78, 5) is 17.1. The SMILES string of the molecule is COc1ccc(C(C)NC(=O)c2cccc3cccnc23)c(OC)c1. The summed E-state index contributed by atoms with van der Waals surface area (Å²) in [5.74, 6) is 1.20. The van der Waals surface area contributed by atoms with Gasteiger partial charge in [0.1, 0.15) is 11.5 Å². The zero-order valence-corrected chi connectivity index (χ0v) is 14.4. The first-order valence-electron chi connectivity index (χ1n) is 8.00. The number of benzene rings is 2. The molecule has 0 saturated carbocycles. The maximum absolute atomic E-state index is 12.7. The first kappa shape index (κ1) is 16.8. The molecule has 0 aliphatic rings. The summed E-state index contributed by atoms with van der Waals surface area (Å²) in [7, 11) is 3.20. The largest absolute Gasteiger partial charge is 0.497 e. The number of ether oxygens (including phenoxy) is 2. The van der Waals surface area contributed by atoms with Crippen LogP contribution in [-0.4, -0.2) is 25.1 Å². The van der Waals surface area contributed by atoms with Crippen LogP contribution >= 0.6 is 0 Å². The summed E-state index contributed by atoms with van der Waals surface area (Å²) in [5, 5.41) is 3.95. The summed E-state index contributed by atoms with van der Waals surface area (Å²) >= 11 is 0. The van der Waals surface area contributed by atoms with E-state index in [-0.39, 0.29) is 11.9 Å². The molecule has 0 spiro atoms. The van der Waals surface area contributed by atoms with E-state index >= 15 is 0 Å². The van der Waals surface area contributed by atoms with Crippen molar-refractivity contribution in [1.82, 2.24) is 10.3 Å². The zero-order valence-electron chi connectivity index (χ0n) is 14.4. The molecule has 3 aromatic rings. The highest BCUT2D eigenvalue weighted by Crippen LogP contribution is 2.29. The van der Waals surface area contributed by atoms with Crippen LogP contribution in [0.5, 0.6) is 11.5 Å². The summed E-state index contributed by atoms with van der Waals surface area (Å²) in [6.45, 7) is 1.92. The normalized spacial score (nSPS) is 11.8. The van der Waals surface area contributed by atoms with Crippen molar-refractivity contribution in [2.24, 2.45) is 0 Å². The van der Waals surface area contributed by atoms with Gasteiger partial charge in [0, 0.05) is 23.2 Å². The summed E-state index contributed by atoms with van der Waals surface area (Å²) in [6.07, 6.45) is 1.69. The maximum atomic E-state index is 12.7. The molecule has 0 radical (unpaired) electrons. The fourth-order valence-corrected chi connectivity index (χ4v) is 2.82. The molecule has 1 unspecified atom stereocenters. The quantitative estimate of drug-likeness (QED) is 0.771. The Labute approximate surface area is 146 Å². The molecular weight excluding hydrogens is 316 g/mol. The molecule has 1 atom stereocenters. The number of carbonyl (C=O) groups is 1. The van der Waals surface area contributed by atoms with E-state index in [1.54, 1.807) is 32.5 Å². The lowest BCUT2D eigenvalue weighted by molar-refractivity contribution is 0.0941. The molecule has 128 valence electrons. The Morgan fingerprint density at radius 1 is 1.08 bits per heavy atom. The Morgan fingerprint density at radius 3 is 2.64 bits per heavy atom. The molecule has 0 aliphatic heterocycles. The highest BCUT2D eigenvalue weighted by Gasteiger charge is 2.17. The molecule has 0 saturated heterocycles. The minimum atomic E-state index is -0.229. The van der Waals surface area contributed by atoms with E-state index in [9.17, 15) is 4.79 Å². The molecule has 2 aromatic carbocycles. The van der Waals surface area contributed by atoms with E-state index < -0.39 is 0 Å². The Hall–Kier alpha value is -3.08. The van der Waals surface area contributed by atoms with Gasteiger partial charge in [0.05, 0.1) is 31.3 Å². The predicted octanol–water partition coefficient (Wildman–Crippen LogP) is 3.74. The van der Waals surface area contributed by atoms with Crippen molar-refractivity contribution in [3.63, 3.8) is 0 Å². The molecule has 0 aliphatic carbocycles. The van der Waals surface area contributed by atoms with Crippen LogP contribution in [0.1, 0.15) is 28.9 Å². The number of aromatic nitrogens is 1. The highest BCUT2D eigenvalue weighted by molar-refractivity contribution is 6.05. The van der Waals surface area contributed by atoms with Crippen molar-refractivity contribution < 1.29 is 14.3 Å². The standard InChI is InChI=1S/C20H20N2O3/c1-13(16-10-9-15(24-2)12-18(16)25-3)22-20(23)17-8-4-6-14-7-5-11-21-19(14)17/h4-13H,1-3H3,(H,22,23). The number of hydrogen-bond acceptors (Lipinski definition) is 4. The van der Waals surface area contributed by atoms with Gasteiger partial charge in [-0.15, -0.1) is 0 Å². The summed E-state index contributed by atoms with van der Waals surface area (Å²) in [5.41, 5.74) is 2.12. The van der Waals surface area contributed by atoms with Gasteiger partial charge in [-0.25, -0.2) is 0 Å². The smallest absolute Gasteiger partial charge is 0.253 e. The fraction of sp³-hybridized carbons (Fsp3) is 0.200. The van der Waals surface area contributed by atoms with Crippen molar-refractivity contribution >= 4 is 16.8 Å². The van der Waals surface area contributed by atoms with Gasteiger partial charge in [-0.2, -0.15) is 0 Å². The first-order chi connectivity index (χ1) is 12.1. The fourth-order valence-electron chi connectivity index (χ4n) is 2.82. The lowest BCUT2D eigenvalue weighted by atomic mass is 10.0. The van der Waals surface area contributed by atoms with E-state index in [4.69, 9.17) is 9.47 Å². The Bertz CT molecular complexity index is 903. The van der Waals surface area contributed by atoms with Crippen LogP contribution in [0.3, 0.4) is 0 Å². The van der Waals surface area contributed by atoms with Gasteiger partial charge < -0.3 is 14.8 Å². The lowest BCUT2D eigenvalue weighted by Crippen LogP contribution is -2.27. The van der Waals surface area contributed by atoms with Crippen LogP contribution in [0.15, 0.2) is 54.7 Å². The second-order valence-electron chi connectivity index (χ2n) is 5.68. The molecule has 25 heavy (non-hydrogen) atoms. The van der Waals surface area contributed by atoms with E-state index in [2.05, 4.69) is 10.3 Å². The minimum Gasteiger partial charge on any atom is -0.497 e. The molecule has 1 amide bonds. The van der Waals surface area contributed by atoms with Crippen LogP contribution in [0, 0.1) is 0 Å². The number of para-hydroxylation sites is 1. The van der Waals surface area contributed by atoms with Crippen LogP contribution in [0.2, 0.25) is 0 Å². The van der Waals surface area contributed by atoms with Crippen molar-refractivity contribution in [2.75, 3.05) is 14.2 Å². The number of amides is 1. The summed E-state index contributed by atoms with van der Waals surface area (Å²) < 4.78 is 10.6. The zero-order chi connectivity index (χ0) is 17.8. The first-order valence-corrected chi connectivity index (χ1v) is 8.00. The number of nitrogens with one attached hydrogen (secondary N) is 1. The van der Waals surface area contributed by atoms with Crippen LogP contribution in [0.25, 0.3) is 10.9 Å². The monoisotopic (exact) mass is 336 g/mol. The van der Waals surface area contributed by atoms with E-state index in [0.29, 0.717) is 22.6 Å². The van der Waals surface area contributed by atoms with Crippen LogP contribution in [-0.2, 0) is 0 Å². The van der Waals surface area contributed by atoms with E-state index in [0.717, 1.165) is 10.9 Å². The molecule has 1 heterocycles. The van der Waals surface area contributed by atoms with Crippen LogP contribution in [0.4, 0.5) is 0 Å². The highest BCUT2D eigenvalue weighted by atomic mass is 16.5. The lowest BCUT2D eigenvalue weighted by Gasteiger charge is -2.18. The maximum Gasteiger partial charge on any atom is 0.253 e. The molecule has 1 N–H and O–H groups in total. The Kier molecular flexibility index (Phi) is 4.84. The number of fused-ring (bicyclic) bond motifs is 1. The number of carbonyl (C=O) groups excluding carboxylic acids is 1. The van der Waals surface area contributed by atoms with Crippen molar-refractivity contribution in [3.8, 4) is 11.5 Å². The molecular formula is C20H20N2O3. The van der Waals surface area contributed by atoms with Gasteiger partial charge in [0.15, 0.2) is 0 Å². The van der Waals surface area contributed by atoms with Crippen molar-refractivity contribution in [2.45, 2.75) is 13.0 Å². The second-order valence-corrected chi connectivity index (χ2v) is 5.68. The van der Waals surface area contributed by atoms with Crippen molar-refractivity contribution in [1.29, 1.82) is 0 Å². The Balaban J connectivity index is 1.87. The second kappa shape index (κ2) is 7.21. The number of pyridine rings is 1. The van der Waals surface area contributed by atoms with Gasteiger partial charge in [-0.05, 0) is 31.2 Å². The van der Waals surface area contributed by atoms with Gasteiger partial charge in [-0.3, -0.25) is 9.78 Å². The number of nitrogens with zero attached hydrogens (tertiary/aromatic N) is 1. The third kappa shape index (κ3) is 3.40. The van der Waals surface area contributed by atoms with Gasteiger partial charge >= 0.3 is 0 Å². The minimum absolute atomic E-state index is 0.172. The van der Waals surface area contributed by atoms with Gasteiger partial charge in [-0.1, -0.05) is 18.2 Å².